The zero-order chi connectivity index (χ0) is 15.1. The van der Waals surface area contributed by atoms with Gasteiger partial charge in [0.15, 0.2) is 11.6 Å². The first-order chi connectivity index (χ1) is 9.99. The second kappa shape index (κ2) is 5.37. The number of rotatable bonds is 3. The first-order valence-electron chi connectivity index (χ1n) is 7.52. The Bertz CT molecular complexity index is 559. The molecular formula is C16H20F2N2O. The summed E-state index contributed by atoms with van der Waals surface area (Å²) in [6, 6.07) is 3.65. The van der Waals surface area contributed by atoms with Gasteiger partial charge in [0.2, 0.25) is 5.91 Å². The van der Waals surface area contributed by atoms with Gasteiger partial charge in [-0.3, -0.25) is 10.1 Å². The lowest BCUT2D eigenvalue weighted by atomic mass is 9.79. The van der Waals surface area contributed by atoms with Gasteiger partial charge in [-0.25, -0.2) is 8.78 Å². The third-order valence-electron chi connectivity index (χ3n) is 4.84. The van der Waals surface area contributed by atoms with E-state index >= 15 is 0 Å². The van der Waals surface area contributed by atoms with Crippen LogP contribution in [0.2, 0.25) is 0 Å². The highest BCUT2D eigenvalue weighted by atomic mass is 19.2. The Morgan fingerprint density at radius 1 is 1.29 bits per heavy atom. The summed E-state index contributed by atoms with van der Waals surface area (Å²) in [4.78, 5) is 14.2. The van der Waals surface area contributed by atoms with Gasteiger partial charge >= 0.3 is 0 Å². The van der Waals surface area contributed by atoms with Gasteiger partial charge in [-0.2, -0.15) is 0 Å². The van der Waals surface area contributed by atoms with Gasteiger partial charge < -0.3 is 4.90 Å². The fourth-order valence-corrected chi connectivity index (χ4v) is 3.26. The van der Waals surface area contributed by atoms with Crippen LogP contribution in [0.5, 0.6) is 0 Å². The molecule has 0 radical (unpaired) electrons. The molecule has 2 aliphatic rings. The molecule has 0 spiro atoms. The van der Waals surface area contributed by atoms with Gasteiger partial charge in [0.25, 0.3) is 0 Å². The van der Waals surface area contributed by atoms with E-state index in [-0.39, 0.29) is 24.2 Å². The molecule has 21 heavy (non-hydrogen) atoms. The SMILES string of the molecule is CC1NC(c2ccc(F)c(F)c2)N(C(C)C2CCC2)C1=O. The molecule has 1 aromatic rings. The minimum absolute atomic E-state index is 0.0316. The first-order valence-corrected chi connectivity index (χ1v) is 7.52. The summed E-state index contributed by atoms with van der Waals surface area (Å²) in [6.45, 7) is 3.86. The van der Waals surface area contributed by atoms with Gasteiger partial charge in [-0.15, -0.1) is 0 Å². The summed E-state index contributed by atoms with van der Waals surface area (Å²) in [5.41, 5.74) is 0.595. The zero-order valence-electron chi connectivity index (χ0n) is 12.3. The fourth-order valence-electron chi connectivity index (χ4n) is 3.26. The minimum Gasteiger partial charge on any atom is -0.319 e. The van der Waals surface area contributed by atoms with E-state index in [2.05, 4.69) is 5.32 Å². The molecule has 3 nitrogen and oxygen atoms in total. The first kappa shape index (κ1) is 14.4. The molecule has 3 atom stereocenters. The van der Waals surface area contributed by atoms with Gasteiger partial charge in [-0.1, -0.05) is 12.5 Å². The quantitative estimate of drug-likeness (QED) is 0.929. The zero-order valence-corrected chi connectivity index (χ0v) is 12.3. The lowest BCUT2D eigenvalue weighted by molar-refractivity contribution is -0.133. The van der Waals surface area contributed by atoms with Crippen LogP contribution in [-0.2, 0) is 4.79 Å². The third-order valence-corrected chi connectivity index (χ3v) is 4.84. The Hall–Kier alpha value is -1.49. The van der Waals surface area contributed by atoms with E-state index in [1.54, 1.807) is 11.0 Å². The second-order valence-corrected chi connectivity index (χ2v) is 6.14. The van der Waals surface area contributed by atoms with Crippen LogP contribution in [0.1, 0.15) is 44.8 Å². The highest BCUT2D eigenvalue weighted by Gasteiger charge is 2.43. The molecule has 114 valence electrons. The molecule has 1 aliphatic heterocycles. The van der Waals surface area contributed by atoms with Crippen LogP contribution in [0.25, 0.3) is 0 Å². The molecule has 1 aliphatic carbocycles. The Labute approximate surface area is 123 Å². The lowest BCUT2D eigenvalue weighted by Gasteiger charge is -2.39. The molecule has 1 heterocycles. The van der Waals surface area contributed by atoms with Crippen LogP contribution in [0, 0.1) is 17.6 Å². The summed E-state index contributed by atoms with van der Waals surface area (Å²) in [5.74, 6) is -1.20. The molecule has 1 saturated carbocycles. The normalized spacial score (nSPS) is 27.8. The van der Waals surface area contributed by atoms with Crippen molar-refractivity contribution < 1.29 is 13.6 Å². The van der Waals surface area contributed by atoms with E-state index in [4.69, 9.17) is 0 Å². The third kappa shape index (κ3) is 2.44. The number of carbonyl (C=O) groups excluding carboxylic acids is 1. The molecule has 1 saturated heterocycles. The maximum absolute atomic E-state index is 13.5. The average molecular weight is 294 g/mol. The van der Waals surface area contributed by atoms with Crippen molar-refractivity contribution in [3.63, 3.8) is 0 Å². The molecule has 0 aromatic heterocycles. The molecular weight excluding hydrogens is 274 g/mol. The highest BCUT2D eigenvalue weighted by molar-refractivity contribution is 5.84. The van der Waals surface area contributed by atoms with E-state index in [9.17, 15) is 13.6 Å². The number of hydrogen-bond acceptors (Lipinski definition) is 2. The van der Waals surface area contributed by atoms with Gasteiger partial charge in [0.1, 0.15) is 6.17 Å². The number of nitrogens with zero attached hydrogens (tertiary/aromatic N) is 1. The summed E-state index contributed by atoms with van der Waals surface area (Å²) in [6.07, 6.45) is 3.09. The number of benzene rings is 1. The van der Waals surface area contributed by atoms with Gasteiger partial charge in [0, 0.05) is 6.04 Å². The van der Waals surface area contributed by atoms with Crippen molar-refractivity contribution in [2.45, 2.75) is 51.4 Å². The monoisotopic (exact) mass is 294 g/mol. The number of nitrogens with one attached hydrogen (secondary N) is 1. The van der Waals surface area contributed by atoms with Crippen LogP contribution in [0.4, 0.5) is 8.78 Å². The van der Waals surface area contributed by atoms with Crippen molar-refractivity contribution in [3.8, 4) is 0 Å². The Morgan fingerprint density at radius 2 is 2.00 bits per heavy atom. The number of amides is 1. The smallest absolute Gasteiger partial charge is 0.241 e. The van der Waals surface area contributed by atoms with E-state index < -0.39 is 11.6 Å². The molecule has 1 N–H and O–H groups in total. The summed E-state index contributed by atoms with van der Waals surface area (Å²) in [7, 11) is 0. The number of halogens is 2. The second-order valence-electron chi connectivity index (χ2n) is 6.14. The highest BCUT2D eigenvalue weighted by Crippen LogP contribution is 2.37. The fraction of sp³-hybridized carbons (Fsp3) is 0.562. The van der Waals surface area contributed by atoms with Gasteiger partial charge in [0.05, 0.1) is 6.04 Å². The van der Waals surface area contributed by atoms with Crippen LogP contribution in [0.3, 0.4) is 0 Å². The van der Waals surface area contributed by atoms with Crippen molar-refractivity contribution in [1.82, 2.24) is 10.2 Å². The van der Waals surface area contributed by atoms with E-state index in [1.165, 1.54) is 12.5 Å². The largest absolute Gasteiger partial charge is 0.319 e. The summed E-state index contributed by atoms with van der Waals surface area (Å²) in [5, 5.41) is 3.19. The Kier molecular flexibility index (Phi) is 3.69. The Balaban J connectivity index is 1.90. The van der Waals surface area contributed by atoms with E-state index in [1.807, 2.05) is 13.8 Å². The molecule has 3 rings (SSSR count). The van der Waals surface area contributed by atoms with Crippen molar-refractivity contribution >= 4 is 5.91 Å². The summed E-state index contributed by atoms with van der Waals surface area (Å²) < 4.78 is 26.6. The van der Waals surface area contributed by atoms with Crippen LogP contribution in [0.15, 0.2) is 18.2 Å². The standard InChI is InChI=1S/C16H20F2N2O/c1-9-16(21)20(10(2)11-4-3-5-11)15(19-9)12-6-7-13(17)14(18)8-12/h6-11,15,19H,3-5H2,1-2H3. The topological polar surface area (TPSA) is 32.3 Å². The Morgan fingerprint density at radius 3 is 2.57 bits per heavy atom. The minimum atomic E-state index is -0.877. The molecule has 3 unspecified atom stereocenters. The maximum Gasteiger partial charge on any atom is 0.241 e. The van der Waals surface area contributed by atoms with Gasteiger partial charge in [-0.05, 0) is 50.3 Å². The van der Waals surface area contributed by atoms with Crippen molar-refractivity contribution in [1.29, 1.82) is 0 Å². The maximum atomic E-state index is 13.5. The van der Waals surface area contributed by atoms with E-state index in [0.717, 1.165) is 18.9 Å². The molecule has 1 amide bonds. The average Bonchev–Trinajstić information content (AvgIpc) is 2.67. The predicted molar refractivity (Wildman–Crippen MR) is 75.3 cm³/mol. The van der Waals surface area contributed by atoms with Crippen LogP contribution >= 0.6 is 0 Å². The summed E-state index contributed by atoms with van der Waals surface area (Å²) >= 11 is 0. The lowest BCUT2D eigenvalue weighted by Crippen LogP contribution is -2.44. The van der Waals surface area contributed by atoms with Crippen molar-refractivity contribution in [3.05, 3.63) is 35.4 Å². The predicted octanol–water partition coefficient (Wildman–Crippen LogP) is 2.97. The number of carbonyl (C=O) groups is 1. The van der Waals surface area contributed by atoms with Crippen LogP contribution in [-0.4, -0.2) is 22.9 Å². The molecule has 2 fully saturated rings. The number of hydrogen-bond donors (Lipinski definition) is 1. The molecule has 5 heteroatoms. The van der Waals surface area contributed by atoms with Crippen molar-refractivity contribution in [2.75, 3.05) is 0 Å². The van der Waals surface area contributed by atoms with Crippen LogP contribution < -0.4 is 5.32 Å². The van der Waals surface area contributed by atoms with Crippen molar-refractivity contribution in [2.24, 2.45) is 5.92 Å². The van der Waals surface area contributed by atoms with E-state index in [0.29, 0.717) is 11.5 Å². The molecule has 0 bridgehead atoms. The molecule has 1 aromatic carbocycles.